The molecule has 1 aliphatic carbocycles. The molecule has 0 radical (unpaired) electrons. The number of pyridine rings is 1. The summed E-state index contributed by atoms with van der Waals surface area (Å²) in [5.74, 6) is 1.13. The molecule has 1 heterocycles. The van der Waals surface area contributed by atoms with Crippen molar-refractivity contribution in [2.24, 2.45) is 5.92 Å². The molecule has 1 saturated carbocycles. The van der Waals surface area contributed by atoms with Crippen LogP contribution in [0.3, 0.4) is 0 Å². The molecule has 0 bridgehead atoms. The molecule has 0 atom stereocenters. The highest BCUT2D eigenvalue weighted by Gasteiger charge is 2.40. The van der Waals surface area contributed by atoms with Crippen LogP contribution in [-0.2, 0) is 5.54 Å². The van der Waals surface area contributed by atoms with Crippen molar-refractivity contribution in [3.63, 3.8) is 0 Å². The lowest BCUT2D eigenvalue weighted by Crippen LogP contribution is -2.39. The lowest BCUT2D eigenvalue weighted by Gasteiger charge is -2.29. The standard InChI is InChI=1S/C15H18N2O/c1-15(2,11-7-8-11)17-13(16)9-10-5-3-4-6-12(10)14(17)18/h3-6,9,11H,7-8,16H2,1-2H3. The number of hydrogen-bond acceptors (Lipinski definition) is 2. The molecule has 94 valence electrons. The first kappa shape index (κ1) is 11.3. The summed E-state index contributed by atoms with van der Waals surface area (Å²) in [6.07, 6.45) is 2.37. The Hall–Kier alpha value is -1.77. The Bertz CT molecular complexity index is 666. The van der Waals surface area contributed by atoms with E-state index in [0.29, 0.717) is 11.7 Å². The third-order valence-corrected chi connectivity index (χ3v) is 4.11. The van der Waals surface area contributed by atoms with Crippen molar-refractivity contribution in [1.29, 1.82) is 0 Å². The summed E-state index contributed by atoms with van der Waals surface area (Å²) in [6.45, 7) is 4.22. The van der Waals surface area contributed by atoms with Crippen LogP contribution in [-0.4, -0.2) is 4.57 Å². The molecule has 0 aliphatic heterocycles. The fourth-order valence-electron chi connectivity index (χ4n) is 2.85. The van der Waals surface area contributed by atoms with Gasteiger partial charge in [-0.2, -0.15) is 0 Å². The van der Waals surface area contributed by atoms with Crippen molar-refractivity contribution in [2.45, 2.75) is 32.2 Å². The number of nitrogens with two attached hydrogens (primary N) is 1. The van der Waals surface area contributed by atoms with Crippen LogP contribution in [0.1, 0.15) is 26.7 Å². The summed E-state index contributed by atoms with van der Waals surface area (Å²) in [5.41, 5.74) is 5.94. The van der Waals surface area contributed by atoms with E-state index >= 15 is 0 Å². The molecule has 0 saturated heterocycles. The lowest BCUT2D eigenvalue weighted by molar-refractivity contribution is 0.301. The molecule has 1 fully saturated rings. The number of benzene rings is 1. The maximum atomic E-state index is 12.6. The van der Waals surface area contributed by atoms with Crippen LogP contribution >= 0.6 is 0 Å². The highest BCUT2D eigenvalue weighted by Crippen LogP contribution is 2.44. The average Bonchev–Trinajstić information content (AvgIpc) is 3.12. The molecule has 0 amide bonds. The number of fused-ring (bicyclic) bond motifs is 1. The van der Waals surface area contributed by atoms with E-state index in [2.05, 4.69) is 13.8 Å². The van der Waals surface area contributed by atoms with E-state index in [9.17, 15) is 4.79 Å². The molecule has 2 N–H and O–H groups in total. The molecule has 2 aromatic rings. The molecule has 1 aliphatic rings. The minimum absolute atomic E-state index is 0.0301. The van der Waals surface area contributed by atoms with Crippen molar-refractivity contribution in [3.05, 3.63) is 40.7 Å². The SMILES string of the molecule is CC(C)(C1CC1)n1c(N)cc2ccccc2c1=O. The number of hydrogen-bond donors (Lipinski definition) is 1. The molecule has 1 aromatic heterocycles. The van der Waals surface area contributed by atoms with Gasteiger partial charge >= 0.3 is 0 Å². The normalized spacial score (nSPS) is 16.1. The monoisotopic (exact) mass is 242 g/mol. The second-order valence-corrected chi connectivity index (χ2v) is 5.72. The Morgan fingerprint density at radius 3 is 2.61 bits per heavy atom. The van der Waals surface area contributed by atoms with Crippen LogP contribution in [0.25, 0.3) is 10.8 Å². The van der Waals surface area contributed by atoms with Crippen LogP contribution in [0.2, 0.25) is 0 Å². The second-order valence-electron chi connectivity index (χ2n) is 5.72. The van der Waals surface area contributed by atoms with Crippen molar-refractivity contribution < 1.29 is 0 Å². The predicted octanol–water partition coefficient (Wildman–Crippen LogP) is 2.73. The molecule has 3 nitrogen and oxygen atoms in total. The Balaban J connectivity index is 2.32. The Kier molecular flexibility index (Phi) is 2.27. The van der Waals surface area contributed by atoms with E-state index in [-0.39, 0.29) is 11.1 Å². The first-order chi connectivity index (χ1) is 8.51. The summed E-state index contributed by atoms with van der Waals surface area (Å²) >= 11 is 0. The van der Waals surface area contributed by atoms with Crippen molar-refractivity contribution >= 4 is 16.6 Å². The maximum absolute atomic E-state index is 12.6. The van der Waals surface area contributed by atoms with Crippen LogP contribution in [0, 0.1) is 5.92 Å². The minimum Gasteiger partial charge on any atom is -0.385 e. The fourth-order valence-corrected chi connectivity index (χ4v) is 2.85. The van der Waals surface area contributed by atoms with Crippen molar-refractivity contribution in [3.8, 4) is 0 Å². The first-order valence-electron chi connectivity index (χ1n) is 6.42. The molecule has 18 heavy (non-hydrogen) atoms. The summed E-state index contributed by atoms with van der Waals surface area (Å²) in [5, 5.41) is 1.67. The Labute approximate surface area is 106 Å². The molecule has 0 spiro atoms. The Morgan fingerprint density at radius 1 is 1.28 bits per heavy atom. The van der Waals surface area contributed by atoms with Gasteiger partial charge < -0.3 is 5.73 Å². The molecule has 3 heteroatoms. The fraction of sp³-hybridized carbons (Fsp3) is 0.400. The molecular weight excluding hydrogens is 224 g/mol. The van der Waals surface area contributed by atoms with Gasteiger partial charge in [-0.15, -0.1) is 0 Å². The van der Waals surface area contributed by atoms with Gasteiger partial charge in [0.2, 0.25) is 0 Å². The summed E-state index contributed by atoms with van der Waals surface area (Å²) in [6, 6.07) is 9.53. The Morgan fingerprint density at radius 2 is 1.94 bits per heavy atom. The molecule has 0 unspecified atom stereocenters. The van der Waals surface area contributed by atoms with Gasteiger partial charge in [-0.05, 0) is 50.1 Å². The van der Waals surface area contributed by atoms with E-state index in [0.717, 1.165) is 10.8 Å². The van der Waals surface area contributed by atoms with Gasteiger partial charge in [-0.3, -0.25) is 9.36 Å². The first-order valence-corrected chi connectivity index (χ1v) is 6.42. The highest BCUT2D eigenvalue weighted by atomic mass is 16.1. The van der Waals surface area contributed by atoms with Crippen LogP contribution in [0.15, 0.2) is 35.1 Å². The van der Waals surface area contributed by atoms with Crippen molar-refractivity contribution in [2.75, 3.05) is 5.73 Å². The van der Waals surface area contributed by atoms with Gasteiger partial charge in [0.15, 0.2) is 0 Å². The number of rotatable bonds is 2. The summed E-state index contributed by atoms with van der Waals surface area (Å²) < 4.78 is 1.77. The number of anilines is 1. The average molecular weight is 242 g/mol. The highest BCUT2D eigenvalue weighted by molar-refractivity contribution is 5.83. The van der Waals surface area contributed by atoms with E-state index in [4.69, 9.17) is 5.73 Å². The number of nitrogens with zero attached hydrogens (tertiary/aromatic N) is 1. The minimum atomic E-state index is -0.189. The van der Waals surface area contributed by atoms with E-state index in [1.807, 2.05) is 30.3 Å². The molecule has 3 rings (SSSR count). The smallest absolute Gasteiger partial charge is 0.260 e. The lowest BCUT2D eigenvalue weighted by atomic mass is 9.97. The van der Waals surface area contributed by atoms with Gasteiger partial charge in [-0.25, -0.2) is 0 Å². The van der Waals surface area contributed by atoms with Gasteiger partial charge in [-0.1, -0.05) is 18.2 Å². The van der Waals surface area contributed by atoms with Crippen molar-refractivity contribution in [1.82, 2.24) is 4.57 Å². The summed E-state index contributed by atoms with van der Waals surface area (Å²) in [4.78, 5) is 12.6. The van der Waals surface area contributed by atoms with E-state index in [1.165, 1.54) is 12.8 Å². The number of nitrogen functional groups attached to an aromatic ring is 1. The quantitative estimate of drug-likeness (QED) is 0.880. The van der Waals surface area contributed by atoms with Gasteiger partial charge in [0, 0.05) is 10.9 Å². The summed E-state index contributed by atoms with van der Waals surface area (Å²) in [7, 11) is 0. The van der Waals surface area contributed by atoms with E-state index < -0.39 is 0 Å². The van der Waals surface area contributed by atoms with Gasteiger partial charge in [0.25, 0.3) is 5.56 Å². The van der Waals surface area contributed by atoms with E-state index in [1.54, 1.807) is 4.57 Å². The molecular formula is C15H18N2O. The van der Waals surface area contributed by atoms with Gasteiger partial charge in [0.05, 0.1) is 0 Å². The zero-order chi connectivity index (χ0) is 12.9. The predicted molar refractivity (Wildman–Crippen MR) is 74.7 cm³/mol. The zero-order valence-electron chi connectivity index (χ0n) is 10.8. The van der Waals surface area contributed by atoms with Crippen LogP contribution in [0.5, 0.6) is 0 Å². The largest absolute Gasteiger partial charge is 0.385 e. The van der Waals surface area contributed by atoms with Gasteiger partial charge in [0.1, 0.15) is 5.82 Å². The van der Waals surface area contributed by atoms with Crippen LogP contribution < -0.4 is 11.3 Å². The van der Waals surface area contributed by atoms with Crippen LogP contribution in [0.4, 0.5) is 5.82 Å². The third-order valence-electron chi connectivity index (χ3n) is 4.11. The topological polar surface area (TPSA) is 48.0 Å². The third kappa shape index (κ3) is 1.54. The zero-order valence-corrected chi connectivity index (χ0v) is 10.8. The number of aromatic nitrogens is 1. The maximum Gasteiger partial charge on any atom is 0.260 e. The molecule has 1 aromatic carbocycles. The second kappa shape index (κ2) is 3.61.